The predicted octanol–water partition coefficient (Wildman–Crippen LogP) is 3.45. The first-order chi connectivity index (χ1) is 15.0. The summed E-state index contributed by atoms with van der Waals surface area (Å²) in [7, 11) is 0. The number of halogens is 1. The highest BCUT2D eigenvalue weighted by Crippen LogP contribution is 2.40. The van der Waals surface area contributed by atoms with Crippen molar-refractivity contribution in [2.75, 3.05) is 18.0 Å². The largest absolute Gasteiger partial charge is 0.508 e. The fraction of sp³-hybridized carbons (Fsp3) is 0.227. The van der Waals surface area contributed by atoms with Gasteiger partial charge in [0, 0.05) is 42.5 Å². The molecule has 1 aliphatic heterocycles. The van der Waals surface area contributed by atoms with Gasteiger partial charge in [-0.05, 0) is 31.5 Å². The van der Waals surface area contributed by atoms with Gasteiger partial charge < -0.3 is 20.2 Å². The number of aromatic amines is 1. The molecule has 1 saturated heterocycles. The Morgan fingerprint density at radius 1 is 1.35 bits per heavy atom. The number of nitrogens with zero attached hydrogens (tertiary/aromatic N) is 4. The van der Waals surface area contributed by atoms with E-state index in [0.29, 0.717) is 40.5 Å². The maximum Gasteiger partial charge on any atom is 0.196 e. The Labute approximate surface area is 176 Å². The fourth-order valence-corrected chi connectivity index (χ4v) is 4.07. The second kappa shape index (κ2) is 7.11. The summed E-state index contributed by atoms with van der Waals surface area (Å²) < 4.78 is 20.8. The van der Waals surface area contributed by atoms with Gasteiger partial charge >= 0.3 is 0 Å². The van der Waals surface area contributed by atoms with E-state index in [4.69, 9.17) is 10.2 Å². The number of pyridine rings is 1. The van der Waals surface area contributed by atoms with Crippen molar-refractivity contribution in [2.24, 2.45) is 5.73 Å². The van der Waals surface area contributed by atoms with Crippen LogP contribution in [-0.2, 0) is 0 Å². The molecular formula is C22H19FN6O2. The molecule has 1 aliphatic rings. The second-order valence-corrected chi connectivity index (χ2v) is 7.67. The number of fused-ring (bicyclic) bond motifs is 1. The molecule has 1 aromatic carbocycles. The third-order valence-electron chi connectivity index (χ3n) is 5.58. The average molecular weight is 418 g/mol. The molecule has 4 heterocycles. The van der Waals surface area contributed by atoms with Crippen molar-refractivity contribution in [1.29, 1.82) is 5.26 Å². The number of aromatic nitrogens is 3. The third-order valence-corrected chi connectivity index (χ3v) is 5.58. The van der Waals surface area contributed by atoms with Gasteiger partial charge in [0.25, 0.3) is 0 Å². The summed E-state index contributed by atoms with van der Waals surface area (Å²) in [5, 5.41) is 27.4. The summed E-state index contributed by atoms with van der Waals surface area (Å²) in [6.45, 7) is 3.31. The lowest BCUT2D eigenvalue weighted by molar-refractivity contribution is 0.469. The molecule has 0 amide bonds. The molecule has 1 atom stereocenters. The molecule has 0 bridgehead atoms. The van der Waals surface area contributed by atoms with E-state index in [-0.39, 0.29) is 28.6 Å². The SMILES string of the molecule is Cc1[nH]nc2nc(-c3ccc(O)cc3F)c(C#N)c(-c3ccc(N4CC[C@@H](N)C4)o3)c12. The minimum Gasteiger partial charge on any atom is -0.508 e. The van der Waals surface area contributed by atoms with Crippen LogP contribution in [0.2, 0.25) is 0 Å². The predicted molar refractivity (Wildman–Crippen MR) is 113 cm³/mol. The van der Waals surface area contributed by atoms with Gasteiger partial charge in [-0.25, -0.2) is 9.37 Å². The van der Waals surface area contributed by atoms with Crippen LogP contribution >= 0.6 is 0 Å². The standard InChI is InChI=1S/C22H19FN6O2/c1-11-19-20(17-4-5-18(31-17)29-7-6-12(25)10-29)15(9-24)21(26-22(19)28-27-11)14-3-2-13(30)8-16(14)23/h2-5,8,12,30H,6-7,10,25H2,1H3,(H,26,27,28)/t12-/m1/s1. The first kappa shape index (κ1) is 19.1. The Kier molecular flexibility index (Phi) is 4.38. The van der Waals surface area contributed by atoms with Gasteiger partial charge in [0.1, 0.15) is 23.4 Å². The summed E-state index contributed by atoms with van der Waals surface area (Å²) >= 11 is 0. The number of H-pyrrole nitrogens is 1. The second-order valence-electron chi connectivity index (χ2n) is 7.67. The number of hydrogen-bond acceptors (Lipinski definition) is 7. The van der Waals surface area contributed by atoms with E-state index in [2.05, 4.69) is 26.2 Å². The smallest absolute Gasteiger partial charge is 0.196 e. The Morgan fingerprint density at radius 2 is 2.19 bits per heavy atom. The first-order valence-corrected chi connectivity index (χ1v) is 9.84. The van der Waals surface area contributed by atoms with Crippen molar-refractivity contribution in [3.63, 3.8) is 0 Å². The van der Waals surface area contributed by atoms with Gasteiger partial charge in [0.15, 0.2) is 11.5 Å². The molecule has 5 rings (SSSR count). The van der Waals surface area contributed by atoms with Crippen LogP contribution in [0.1, 0.15) is 17.7 Å². The van der Waals surface area contributed by atoms with Gasteiger partial charge in [-0.1, -0.05) is 0 Å². The molecule has 156 valence electrons. The number of nitrogens with one attached hydrogen (secondary N) is 1. The molecule has 0 saturated carbocycles. The summed E-state index contributed by atoms with van der Waals surface area (Å²) in [6, 6.07) is 9.63. The number of furan rings is 1. The molecule has 31 heavy (non-hydrogen) atoms. The van der Waals surface area contributed by atoms with E-state index >= 15 is 0 Å². The lowest BCUT2D eigenvalue weighted by Gasteiger charge is -2.14. The number of aryl methyl sites for hydroxylation is 1. The van der Waals surface area contributed by atoms with Crippen LogP contribution in [-0.4, -0.2) is 39.4 Å². The Bertz CT molecular complexity index is 1350. The van der Waals surface area contributed by atoms with Crippen LogP contribution in [0.4, 0.5) is 10.3 Å². The van der Waals surface area contributed by atoms with Crippen molar-refractivity contribution in [1.82, 2.24) is 15.2 Å². The topological polar surface area (TPSA) is 128 Å². The number of nitriles is 1. The molecule has 0 aliphatic carbocycles. The quantitative estimate of drug-likeness (QED) is 0.465. The highest BCUT2D eigenvalue weighted by molar-refractivity contribution is 5.99. The number of phenols is 1. The number of anilines is 1. The number of hydrogen-bond donors (Lipinski definition) is 3. The van der Waals surface area contributed by atoms with Gasteiger partial charge in [-0.3, -0.25) is 5.10 Å². The zero-order valence-corrected chi connectivity index (χ0v) is 16.7. The molecular weight excluding hydrogens is 399 g/mol. The summed E-state index contributed by atoms with van der Waals surface area (Å²) in [6.07, 6.45) is 0.879. The number of nitrogens with two attached hydrogens (primary N) is 1. The van der Waals surface area contributed by atoms with Crippen LogP contribution in [0.3, 0.4) is 0 Å². The Morgan fingerprint density at radius 3 is 2.90 bits per heavy atom. The number of aromatic hydroxyl groups is 1. The number of phenolic OH excluding ortho intramolecular Hbond substituents is 1. The van der Waals surface area contributed by atoms with Gasteiger partial charge in [-0.2, -0.15) is 10.4 Å². The van der Waals surface area contributed by atoms with Crippen molar-refractivity contribution >= 4 is 16.9 Å². The average Bonchev–Trinajstić information content (AvgIpc) is 3.47. The van der Waals surface area contributed by atoms with Gasteiger partial charge in [-0.15, -0.1) is 0 Å². The minimum absolute atomic E-state index is 0.0930. The molecule has 0 spiro atoms. The zero-order valence-electron chi connectivity index (χ0n) is 16.7. The van der Waals surface area contributed by atoms with Gasteiger partial charge in [0.2, 0.25) is 0 Å². The van der Waals surface area contributed by atoms with Crippen molar-refractivity contribution in [3.8, 4) is 34.4 Å². The highest BCUT2D eigenvalue weighted by atomic mass is 19.1. The van der Waals surface area contributed by atoms with Crippen molar-refractivity contribution < 1.29 is 13.9 Å². The summed E-state index contributed by atoms with van der Waals surface area (Å²) in [5.74, 6) is 0.226. The van der Waals surface area contributed by atoms with E-state index in [9.17, 15) is 14.8 Å². The molecule has 3 aromatic heterocycles. The van der Waals surface area contributed by atoms with Crippen LogP contribution in [0.25, 0.3) is 33.6 Å². The summed E-state index contributed by atoms with van der Waals surface area (Å²) in [5.41, 5.74) is 7.96. The molecule has 8 nitrogen and oxygen atoms in total. The normalized spacial score (nSPS) is 16.2. The van der Waals surface area contributed by atoms with E-state index in [1.54, 1.807) is 6.07 Å². The molecule has 1 fully saturated rings. The summed E-state index contributed by atoms with van der Waals surface area (Å²) in [4.78, 5) is 6.51. The lowest BCUT2D eigenvalue weighted by atomic mass is 9.96. The Balaban J connectivity index is 1.75. The number of benzene rings is 1. The van der Waals surface area contributed by atoms with E-state index in [1.807, 2.05) is 13.0 Å². The molecule has 9 heteroatoms. The van der Waals surface area contributed by atoms with Crippen LogP contribution in [0.15, 0.2) is 34.7 Å². The van der Waals surface area contributed by atoms with E-state index in [0.717, 1.165) is 19.0 Å². The number of rotatable bonds is 3. The molecule has 4 N–H and O–H groups in total. The third kappa shape index (κ3) is 3.08. The van der Waals surface area contributed by atoms with Crippen LogP contribution < -0.4 is 10.6 Å². The fourth-order valence-electron chi connectivity index (χ4n) is 4.07. The van der Waals surface area contributed by atoms with E-state index in [1.165, 1.54) is 12.1 Å². The molecule has 0 unspecified atom stereocenters. The van der Waals surface area contributed by atoms with Crippen LogP contribution in [0.5, 0.6) is 5.75 Å². The lowest BCUT2D eigenvalue weighted by Crippen LogP contribution is -2.25. The molecule has 4 aromatic rings. The Hall–Kier alpha value is -3.90. The monoisotopic (exact) mass is 418 g/mol. The maximum atomic E-state index is 14.7. The highest BCUT2D eigenvalue weighted by Gasteiger charge is 2.26. The van der Waals surface area contributed by atoms with Crippen molar-refractivity contribution in [3.05, 3.63) is 47.4 Å². The zero-order chi connectivity index (χ0) is 21.7. The first-order valence-electron chi connectivity index (χ1n) is 9.84. The van der Waals surface area contributed by atoms with Crippen molar-refractivity contribution in [2.45, 2.75) is 19.4 Å². The maximum absolute atomic E-state index is 14.7. The minimum atomic E-state index is -0.687. The van der Waals surface area contributed by atoms with E-state index < -0.39 is 5.82 Å². The molecule has 0 radical (unpaired) electrons. The van der Waals surface area contributed by atoms with Gasteiger partial charge in [0.05, 0.1) is 22.2 Å². The van der Waals surface area contributed by atoms with Crippen LogP contribution in [0, 0.1) is 24.1 Å².